The van der Waals surface area contributed by atoms with Crippen molar-refractivity contribution in [3.8, 4) is 11.1 Å². The quantitative estimate of drug-likeness (QED) is 0.505. The summed E-state index contributed by atoms with van der Waals surface area (Å²) in [6.45, 7) is 5.16. The highest BCUT2D eigenvalue weighted by Crippen LogP contribution is 2.27. The lowest BCUT2D eigenvalue weighted by molar-refractivity contribution is 0.440. The van der Waals surface area contributed by atoms with E-state index in [-0.39, 0.29) is 0 Å². The van der Waals surface area contributed by atoms with Crippen molar-refractivity contribution in [3.63, 3.8) is 0 Å². The molecule has 3 N–H and O–H groups in total. The van der Waals surface area contributed by atoms with Crippen molar-refractivity contribution in [3.05, 3.63) is 76.2 Å². The Morgan fingerprint density at radius 1 is 1.07 bits per heavy atom. The molecular weight excluding hydrogens is 364 g/mol. The largest absolute Gasteiger partial charge is 0.316 e. The van der Waals surface area contributed by atoms with Gasteiger partial charge < -0.3 is 5.32 Å². The lowest BCUT2D eigenvalue weighted by Gasteiger charge is -2.19. The Balaban J connectivity index is 1.28. The molecule has 0 radical (unpaired) electrons. The van der Waals surface area contributed by atoms with Gasteiger partial charge in [0.25, 0.3) is 0 Å². The zero-order valence-electron chi connectivity index (χ0n) is 16.3. The summed E-state index contributed by atoms with van der Waals surface area (Å²) in [6, 6.07) is 19.9. The Hall–Kier alpha value is -2.05. The summed E-state index contributed by atoms with van der Waals surface area (Å²) in [5.74, 6) is 0.549. The molecule has 4 rings (SSSR count). The number of thiazole rings is 1. The van der Waals surface area contributed by atoms with E-state index in [0.29, 0.717) is 12.0 Å². The minimum absolute atomic E-state index is 0.348. The molecule has 4 nitrogen and oxygen atoms in total. The van der Waals surface area contributed by atoms with Crippen LogP contribution in [0.1, 0.15) is 28.6 Å². The Labute approximate surface area is 171 Å². The Bertz CT molecular complexity index is 860. The predicted molar refractivity (Wildman–Crippen MR) is 117 cm³/mol. The lowest BCUT2D eigenvalue weighted by Crippen LogP contribution is -2.29. The fourth-order valence-corrected chi connectivity index (χ4v) is 4.65. The first-order valence-corrected chi connectivity index (χ1v) is 10.9. The molecule has 2 atom stereocenters. The van der Waals surface area contributed by atoms with Crippen LogP contribution in [0.2, 0.25) is 0 Å². The van der Waals surface area contributed by atoms with Gasteiger partial charge in [-0.3, -0.25) is 5.43 Å². The van der Waals surface area contributed by atoms with Crippen LogP contribution in [-0.4, -0.2) is 24.6 Å². The summed E-state index contributed by atoms with van der Waals surface area (Å²) in [5.41, 5.74) is 13.8. The molecule has 0 aliphatic carbocycles. The average molecular weight is 393 g/mol. The average Bonchev–Trinajstić information content (AvgIpc) is 3.37. The van der Waals surface area contributed by atoms with Crippen molar-refractivity contribution >= 4 is 11.3 Å². The Kier molecular flexibility index (Phi) is 6.49. The normalized spacial score (nSPS) is 19.2. The molecule has 2 unspecified atom stereocenters. The third-order valence-corrected chi connectivity index (χ3v) is 6.47. The maximum absolute atomic E-state index is 4.33. The second-order valence-electron chi connectivity index (χ2n) is 7.42. The fraction of sp³-hybridized carbons (Fsp3) is 0.348. The molecule has 1 fully saturated rings. The van der Waals surface area contributed by atoms with Gasteiger partial charge in [-0.1, -0.05) is 54.6 Å². The van der Waals surface area contributed by atoms with Crippen molar-refractivity contribution in [2.45, 2.75) is 25.8 Å². The van der Waals surface area contributed by atoms with Gasteiger partial charge in [0.05, 0.1) is 17.2 Å². The van der Waals surface area contributed by atoms with E-state index in [2.05, 4.69) is 82.7 Å². The summed E-state index contributed by atoms with van der Waals surface area (Å²) in [5, 5.41) is 3.65. The zero-order chi connectivity index (χ0) is 19.2. The minimum atomic E-state index is 0.348. The second kappa shape index (κ2) is 9.43. The maximum atomic E-state index is 4.33. The molecule has 146 valence electrons. The number of aromatic nitrogens is 1. The van der Waals surface area contributed by atoms with Crippen LogP contribution in [-0.2, 0) is 6.42 Å². The molecule has 2 heterocycles. The molecule has 3 aromatic rings. The van der Waals surface area contributed by atoms with Crippen LogP contribution in [0.15, 0.2) is 60.1 Å². The Morgan fingerprint density at radius 2 is 1.86 bits per heavy atom. The highest BCUT2D eigenvalue weighted by Gasteiger charge is 2.27. The molecular formula is C23H28N4S. The van der Waals surface area contributed by atoms with E-state index in [9.17, 15) is 0 Å². The number of hydrogen-bond donors (Lipinski definition) is 3. The van der Waals surface area contributed by atoms with E-state index in [0.717, 1.165) is 32.5 Å². The van der Waals surface area contributed by atoms with E-state index >= 15 is 0 Å². The molecule has 0 saturated carbocycles. The van der Waals surface area contributed by atoms with Gasteiger partial charge in [-0.2, -0.15) is 0 Å². The number of nitrogens with one attached hydrogen (secondary N) is 3. The molecule has 2 aromatic carbocycles. The third-order valence-electron chi connectivity index (χ3n) is 5.48. The summed E-state index contributed by atoms with van der Waals surface area (Å²) in [4.78, 5) is 5.75. The smallest absolute Gasteiger partial charge is 0.0797 e. The highest BCUT2D eigenvalue weighted by molar-refractivity contribution is 7.09. The molecule has 0 spiro atoms. The van der Waals surface area contributed by atoms with Gasteiger partial charge in [0.2, 0.25) is 0 Å². The van der Waals surface area contributed by atoms with Crippen LogP contribution < -0.4 is 16.2 Å². The van der Waals surface area contributed by atoms with Crippen LogP contribution in [0.4, 0.5) is 0 Å². The topological polar surface area (TPSA) is 49.0 Å². The van der Waals surface area contributed by atoms with Crippen molar-refractivity contribution in [2.24, 2.45) is 5.92 Å². The molecule has 1 aliphatic rings. The van der Waals surface area contributed by atoms with Crippen molar-refractivity contribution in [2.75, 3.05) is 19.6 Å². The van der Waals surface area contributed by atoms with Crippen molar-refractivity contribution < 1.29 is 0 Å². The molecule has 1 aliphatic heterocycles. The first-order chi connectivity index (χ1) is 13.8. The standard InChI is InChI=1S/C23H28N4S/c1-17-22(28-16-25-17)8-5-13-24-14-21-15-26-27-23(21)20-11-9-19(10-12-20)18-6-3-2-4-7-18/h2-4,6-7,9-12,16,21,23-24,26-27H,5,8,13-15H2,1H3. The number of rotatable bonds is 8. The monoisotopic (exact) mass is 392 g/mol. The Morgan fingerprint density at radius 3 is 2.61 bits per heavy atom. The number of benzene rings is 2. The summed E-state index contributed by atoms with van der Waals surface area (Å²) in [7, 11) is 0. The van der Waals surface area contributed by atoms with Crippen LogP contribution in [0.3, 0.4) is 0 Å². The minimum Gasteiger partial charge on any atom is -0.316 e. The van der Waals surface area contributed by atoms with Crippen LogP contribution in [0.25, 0.3) is 11.1 Å². The van der Waals surface area contributed by atoms with Crippen LogP contribution in [0.5, 0.6) is 0 Å². The number of hydrogen-bond acceptors (Lipinski definition) is 5. The zero-order valence-corrected chi connectivity index (χ0v) is 17.1. The van der Waals surface area contributed by atoms with Crippen molar-refractivity contribution in [1.29, 1.82) is 0 Å². The van der Waals surface area contributed by atoms with Gasteiger partial charge in [0, 0.05) is 23.9 Å². The van der Waals surface area contributed by atoms with E-state index in [1.807, 2.05) is 5.51 Å². The van der Waals surface area contributed by atoms with Gasteiger partial charge in [0.1, 0.15) is 0 Å². The molecule has 5 heteroatoms. The van der Waals surface area contributed by atoms with E-state index in [1.54, 1.807) is 11.3 Å². The molecule has 1 saturated heterocycles. The van der Waals surface area contributed by atoms with E-state index < -0.39 is 0 Å². The van der Waals surface area contributed by atoms with Gasteiger partial charge in [0.15, 0.2) is 0 Å². The highest BCUT2D eigenvalue weighted by atomic mass is 32.1. The third kappa shape index (κ3) is 4.67. The van der Waals surface area contributed by atoms with Crippen LogP contribution >= 0.6 is 11.3 Å². The second-order valence-corrected chi connectivity index (χ2v) is 8.36. The van der Waals surface area contributed by atoms with Gasteiger partial charge in [-0.05, 0) is 43.0 Å². The fourth-order valence-electron chi connectivity index (χ4n) is 3.82. The van der Waals surface area contributed by atoms with Crippen LogP contribution in [0, 0.1) is 12.8 Å². The lowest BCUT2D eigenvalue weighted by atomic mass is 9.93. The van der Waals surface area contributed by atoms with Gasteiger partial charge >= 0.3 is 0 Å². The van der Waals surface area contributed by atoms with Gasteiger partial charge in [-0.15, -0.1) is 11.3 Å². The summed E-state index contributed by atoms with van der Waals surface area (Å²) < 4.78 is 0. The van der Waals surface area contributed by atoms with E-state index in [4.69, 9.17) is 0 Å². The first kappa shape index (κ1) is 19.3. The number of aryl methyl sites for hydroxylation is 2. The predicted octanol–water partition coefficient (Wildman–Crippen LogP) is 4.11. The molecule has 0 bridgehead atoms. The molecule has 28 heavy (non-hydrogen) atoms. The molecule has 0 amide bonds. The molecule has 1 aromatic heterocycles. The summed E-state index contributed by atoms with van der Waals surface area (Å²) in [6.07, 6.45) is 2.28. The summed E-state index contributed by atoms with van der Waals surface area (Å²) >= 11 is 1.77. The first-order valence-electron chi connectivity index (χ1n) is 10.0. The van der Waals surface area contributed by atoms with Crippen molar-refractivity contribution in [1.82, 2.24) is 21.2 Å². The number of hydrazine groups is 1. The van der Waals surface area contributed by atoms with Gasteiger partial charge in [-0.25, -0.2) is 10.4 Å². The van der Waals surface area contributed by atoms with E-state index in [1.165, 1.54) is 27.3 Å². The SMILES string of the molecule is Cc1ncsc1CCCNCC1CNNC1c1ccc(-c2ccccc2)cc1. The number of nitrogens with zero attached hydrogens (tertiary/aromatic N) is 1. The maximum Gasteiger partial charge on any atom is 0.0797 e.